The summed E-state index contributed by atoms with van der Waals surface area (Å²) in [5.41, 5.74) is 0.957. The molecule has 1 saturated heterocycles. The number of nitrogens with zero attached hydrogens (tertiary/aromatic N) is 1. The van der Waals surface area contributed by atoms with Gasteiger partial charge in [-0.05, 0) is 30.2 Å². The molecule has 1 heterocycles. The Morgan fingerprint density at radius 3 is 2.95 bits per heavy atom. The summed E-state index contributed by atoms with van der Waals surface area (Å²) < 4.78 is 6.01. The highest BCUT2D eigenvalue weighted by Gasteiger charge is 2.28. The van der Waals surface area contributed by atoms with Crippen molar-refractivity contribution in [2.45, 2.75) is 18.9 Å². The molecule has 0 aromatic heterocycles. The fraction of sp³-hybridized carbons (Fsp3) is 0.429. The van der Waals surface area contributed by atoms with Crippen molar-refractivity contribution in [1.82, 2.24) is 4.90 Å². The van der Waals surface area contributed by atoms with Crippen molar-refractivity contribution in [3.8, 4) is 0 Å². The molecule has 0 bridgehead atoms. The Bertz CT molecular complexity index is 552. The van der Waals surface area contributed by atoms with Gasteiger partial charge >= 0.3 is 5.97 Å². The lowest BCUT2D eigenvalue weighted by molar-refractivity contribution is -0.159. The number of hydrogen-bond donors (Lipinski definition) is 1. The Morgan fingerprint density at radius 1 is 1.48 bits per heavy atom. The Labute approximate surface area is 136 Å². The Balaban J connectivity index is 1.92. The van der Waals surface area contributed by atoms with E-state index in [9.17, 15) is 9.59 Å². The van der Waals surface area contributed by atoms with Gasteiger partial charge in [0.25, 0.3) is 0 Å². The summed E-state index contributed by atoms with van der Waals surface area (Å²) in [5, 5.41) is 9.55. The fourth-order valence-corrected chi connectivity index (χ4v) is 2.80. The van der Waals surface area contributed by atoms with Crippen molar-refractivity contribution in [3.05, 3.63) is 33.3 Å². The molecular weight excluding hydrogens is 362 g/mol. The number of rotatable bonds is 4. The normalized spacial score (nSPS) is 18.6. The minimum atomic E-state index is -1.04. The monoisotopic (exact) mass is 375 g/mol. The smallest absolute Gasteiger partial charge is 0.334 e. The van der Waals surface area contributed by atoms with Crippen LogP contribution in [0.15, 0.2) is 22.7 Å². The summed E-state index contributed by atoms with van der Waals surface area (Å²) in [7, 11) is 0. The molecule has 114 valence electrons. The number of aliphatic carboxylic acids is 1. The first-order valence-electron chi connectivity index (χ1n) is 6.53. The topological polar surface area (TPSA) is 66.8 Å². The zero-order valence-corrected chi connectivity index (χ0v) is 13.6. The third kappa shape index (κ3) is 4.43. The molecule has 1 unspecified atom stereocenters. The van der Waals surface area contributed by atoms with E-state index in [-0.39, 0.29) is 19.1 Å². The first kappa shape index (κ1) is 16.3. The molecule has 1 atom stereocenters. The minimum absolute atomic E-state index is 0.0728. The SMILES string of the molecule is O=C(O)C1CN(C(=O)CCc2cc(Cl)ccc2Br)CCO1. The van der Waals surface area contributed by atoms with Crippen LogP contribution in [0.25, 0.3) is 0 Å². The van der Waals surface area contributed by atoms with E-state index in [2.05, 4.69) is 15.9 Å². The van der Waals surface area contributed by atoms with Gasteiger partial charge in [-0.2, -0.15) is 0 Å². The molecule has 2 rings (SSSR count). The number of hydrogen-bond acceptors (Lipinski definition) is 3. The van der Waals surface area contributed by atoms with E-state index in [1.54, 1.807) is 11.0 Å². The average Bonchev–Trinajstić information content (AvgIpc) is 2.48. The van der Waals surface area contributed by atoms with E-state index in [0.717, 1.165) is 10.0 Å². The minimum Gasteiger partial charge on any atom is -0.479 e. The zero-order chi connectivity index (χ0) is 15.4. The van der Waals surface area contributed by atoms with Crippen LogP contribution in [0.5, 0.6) is 0 Å². The predicted molar refractivity (Wildman–Crippen MR) is 81.4 cm³/mol. The molecule has 0 spiro atoms. The van der Waals surface area contributed by atoms with Gasteiger partial charge in [0.05, 0.1) is 13.2 Å². The molecule has 1 fully saturated rings. The number of carboxylic acids is 1. The lowest BCUT2D eigenvalue weighted by atomic mass is 10.1. The van der Waals surface area contributed by atoms with Crippen LogP contribution >= 0.6 is 27.5 Å². The Kier molecular flexibility index (Phi) is 5.61. The van der Waals surface area contributed by atoms with Gasteiger partial charge in [0.15, 0.2) is 6.10 Å². The summed E-state index contributed by atoms with van der Waals surface area (Å²) in [6.07, 6.45) is -0.0685. The predicted octanol–water partition coefficient (Wildman–Crippen LogP) is 2.35. The summed E-state index contributed by atoms with van der Waals surface area (Å²) in [5.74, 6) is -1.11. The van der Waals surface area contributed by atoms with Crippen LogP contribution in [-0.2, 0) is 20.7 Å². The highest BCUT2D eigenvalue weighted by molar-refractivity contribution is 9.10. The standard InChI is InChI=1S/C14H15BrClNO4/c15-11-3-2-10(16)7-9(11)1-4-13(18)17-5-6-21-12(8-17)14(19)20/h2-3,7,12H,1,4-6,8H2,(H,19,20). The van der Waals surface area contributed by atoms with E-state index in [4.69, 9.17) is 21.4 Å². The number of ether oxygens (including phenoxy) is 1. The molecule has 1 aliphatic rings. The van der Waals surface area contributed by atoms with Crippen LogP contribution in [0.3, 0.4) is 0 Å². The van der Waals surface area contributed by atoms with Crippen molar-refractivity contribution in [2.24, 2.45) is 0 Å². The first-order chi connectivity index (χ1) is 9.97. The molecule has 21 heavy (non-hydrogen) atoms. The van der Waals surface area contributed by atoms with E-state index < -0.39 is 12.1 Å². The Hall–Kier alpha value is -1.11. The van der Waals surface area contributed by atoms with E-state index in [1.165, 1.54) is 0 Å². The number of carbonyl (C=O) groups excluding carboxylic acids is 1. The number of carbonyl (C=O) groups is 2. The molecule has 1 amide bonds. The maximum Gasteiger partial charge on any atom is 0.334 e. The third-order valence-corrected chi connectivity index (χ3v) is 4.32. The van der Waals surface area contributed by atoms with E-state index in [1.807, 2.05) is 12.1 Å². The molecule has 1 aromatic rings. The van der Waals surface area contributed by atoms with Crippen LogP contribution in [0, 0.1) is 0 Å². The van der Waals surface area contributed by atoms with Gasteiger partial charge in [-0.1, -0.05) is 27.5 Å². The summed E-state index contributed by atoms with van der Waals surface area (Å²) in [6.45, 7) is 0.785. The quantitative estimate of drug-likeness (QED) is 0.876. The van der Waals surface area contributed by atoms with Gasteiger partial charge in [-0.15, -0.1) is 0 Å². The summed E-state index contributed by atoms with van der Waals surface area (Å²) in [4.78, 5) is 24.6. The largest absolute Gasteiger partial charge is 0.479 e. The second-order valence-corrected chi connectivity index (χ2v) is 6.06. The summed E-state index contributed by atoms with van der Waals surface area (Å²) in [6, 6.07) is 5.44. The average molecular weight is 377 g/mol. The van der Waals surface area contributed by atoms with Crippen molar-refractivity contribution in [1.29, 1.82) is 0 Å². The first-order valence-corrected chi connectivity index (χ1v) is 7.70. The van der Waals surface area contributed by atoms with Crippen molar-refractivity contribution in [3.63, 3.8) is 0 Å². The number of aryl methyl sites for hydroxylation is 1. The van der Waals surface area contributed by atoms with Crippen molar-refractivity contribution >= 4 is 39.4 Å². The van der Waals surface area contributed by atoms with Crippen LogP contribution in [-0.4, -0.2) is 47.7 Å². The van der Waals surface area contributed by atoms with Crippen molar-refractivity contribution < 1.29 is 19.4 Å². The highest BCUT2D eigenvalue weighted by Crippen LogP contribution is 2.22. The Morgan fingerprint density at radius 2 is 2.24 bits per heavy atom. The lowest BCUT2D eigenvalue weighted by Gasteiger charge is -2.31. The van der Waals surface area contributed by atoms with Gasteiger partial charge in [0.2, 0.25) is 5.91 Å². The highest BCUT2D eigenvalue weighted by atomic mass is 79.9. The van der Waals surface area contributed by atoms with E-state index >= 15 is 0 Å². The van der Waals surface area contributed by atoms with Crippen LogP contribution < -0.4 is 0 Å². The molecule has 0 saturated carbocycles. The van der Waals surface area contributed by atoms with Gasteiger partial charge in [0.1, 0.15) is 0 Å². The molecule has 1 aromatic carbocycles. The van der Waals surface area contributed by atoms with Crippen LogP contribution in [0.1, 0.15) is 12.0 Å². The lowest BCUT2D eigenvalue weighted by Crippen LogP contribution is -2.48. The maximum atomic E-state index is 12.2. The fourth-order valence-electron chi connectivity index (χ4n) is 2.16. The van der Waals surface area contributed by atoms with E-state index in [0.29, 0.717) is 24.4 Å². The number of morpholine rings is 1. The maximum absolute atomic E-state index is 12.2. The second kappa shape index (κ2) is 7.24. The number of amides is 1. The zero-order valence-electron chi connectivity index (χ0n) is 11.2. The number of halogens is 2. The van der Waals surface area contributed by atoms with Crippen LogP contribution in [0.2, 0.25) is 5.02 Å². The van der Waals surface area contributed by atoms with Gasteiger partial charge in [-0.25, -0.2) is 4.79 Å². The molecule has 0 radical (unpaired) electrons. The molecule has 5 nitrogen and oxygen atoms in total. The second-order valence-electron chi connectivity index (χ2n) is 4.77. The van der Waals surface area contributed by atoms with Gasteiger partial charge < -0.3 is 14.7 Å². The van der Waals surface area contributed by atoms with Crippen molar-refractivity contribution in [2.75, 3.05) is 19.7 Å². The van der Waals surface area contributed by atoms with Gasteiger partial charge in [-0.3, -0.25) is 4.79 Å². The third-order valence-electron chi connectivity index (χ3n) is 3.31. The molecule has 0 aliphatic carbocycles. The van der Waals surface area contributed by atoms with Crippen LogP contribution in [0.4, 0.5) is 0 Å². The number of benzene rings is 1. The summed E-state index contributed by atoms with van der Waals surface area (Å²) >= 11 is 9.36. The van der Waals surface area contributed by atoms with Gasteiger partial charge in [0, 0.05) is 22.5 Å². The molecule has 1 N–H and O–H groups in total. The molecule has 7 heteroatoms. The molecule has 1 aliphatic heterocycles. The number of carboxylic acid groups (broad SMARTS) is 1. The molecular formula is C14H15BrClNO4.